The van der Waals surface area contributed by atoms with E-state index in [-0.39, 0.29) is 5.41 Å². The van der Waals surface area contributed by atoms with E-state index in [0.717, 1.165) is 32.6 Å². The van der Waals surface area contributed by atoms with Crippen molar-refractivity contribution in [3.8, 4) is 0 Å². The summed E-state index contributed by atoms with van der Waals surface area (Å²) < 4.78 is 0. The zero-order valence-corrected chi connectivity index (χ0v) is 11.8. The minimum atomic E-state index is 0.233. The zero-order chi connectivity index (χ0) is 13.2. The van der Waals surface area contributed by atoms with Crippen molar-refractivity contribution in [2.75, 3.05) is 40.3 Å². The van der Waals surface area contributed by atoms with E-state index in [1.54, 1.807) is 0 Å². The molecule has 2 fully saturated rings. The molecule has 2 N–H and O–H groups in total. The third-order valence-corrected chi connectivity index (χ3v) is 4.80. The fraction of sp³-hybridized carbons (Fsp3) is 0.929. The molecule has 2 aliphatic rings. The second-order valence-electron chi connectivity index (χ2n) is 6.43. The molecule has 0 bridgehead atoms. The van der Waals surface area contributed by atoms with Crippen LogP contribution in [0.5, 0.6) is 0 Å². The molecule has 0 spiro atoms. The van der Waals surface area contributed by atoms with E-state index in [9.17, 15) is 4.79 Å². The summed E-state index contributed by atoms with van der Waals surface area (Å²) in [6.45, 7) is 3.78. The van der Waals surface area contributed by atoms with Gasteiger partial charge in [0.05, 0.1) is 0 Å². The highest BCUT2D eigenvalue weighted by molar-refractivity contribution is 5.76. The molecule has 0 aromatic rings. The van der Waals surface area contributed by atoms with E-state index in [1.807, 2.05) is 11.9 Å². The number of nitrogens with zero attached hydrogens (tertiary/aromatic N) is 2. The first-order valence-corrected chi connectivity index (χ1v) is 7.17. The Kier molecular flexibility index (Phi) is 4.28. The summed E-state index contributed by atoms with van der Waals surface area (Å²) >= 11 is 0. The van der Waals surface area contributed by atoms with Crippen LogP contribution in [0.15, 0.2) is 0 Å². The van der Waals surface area contributed by atoms with Crippen LogP contribution in [-0.4, -0.2) is 56.0 Å². The highest BCUT2D eigenvalue weighted by atomic mass is 16.2. The van der Waals surface area contributed by atoms with Crippen LogP contribution in [0.4, 0.5) is 0 Å². The van der Waals surface area contributed by atoms with Crippen LogP contribution in [0.2, 0.25) is 0 Å². The Bertz CT molecular complexity index is 296. The average Bonchev–Trinajstić information content (AvgIpc) is 2.69. The third-order valence-electron chi connectivity index (χ3n) is 4.80. The van der Waals surface area contributed by atoms with Gasteiger partial charge in [0, 0.05) is 32.0 Å². The van der Waals surface area contributed by atoms with Crippen LogP contribution >= 0.6 is 0 Å². The van der Waals surface area contributed by atoms with Crippen molar-refractivity contribution in [1.29, 1.82) is 0 Å². The van der Waals surface area contributed by atoms with Crippen molar-refractivity contribution in [3.05, 3.63) is 0 Å². The summed E-state index contributed by atoms with van der Waals surface area (Å²) in [6, 6.07) is 0. The van der Waals surface area contributed by atoms with Crippen LogP contribution < -0.4 is 5.73 Å². The highest BCUT2D eigenvalue weighted by Gasteiger charge is 2.37. The molecule has 1 atom stereocenters. The van der Waals surface area contributed by atoms with Crippen LogP contribution in [0, 0.1) is 11.3 Å². The molecule has 1 saturated carbocycles. The lowest BCUT2D eigenvalue weighted by Gasteiger charge is -2.43. The molecule has 1 unspecified atom stereocenters. The van der Waals surface area contributed by atoms with Crippen molar-refractivity contribution < 1.29 is 4.79 Å². The van der Waals surface area contributed by atoms with Crippen LogP contribution in [0.25, 0.3) is 0 Å². The van der Waals surface area contributed by atoms with Crippen molar-refractivity contribution >= 4 is 5.91 Å². The first-order valence-electron chi connectivity index (χ1n) is 7.17. The van der Waals surface area contributed by atoms with Gasteiger partial charge in [0.15, 0.2) is 0 Å². The molecule has 1 saturated heterocycles. The van der Waals surface area contributed by atoms with Gasteiger partial charge in [-0.2, -0.15) is 0 Å². The number of likely N-dealkylation sites (tertiary alicyclic amines) is 1. The maximum atomic E-state index is 12.2. The van der Waals surface area contributed by atoms with Gasteiger partial charge in [-0.25, -0.2) is 0 Å². The summed E-state index contributed by atoms with van der Waals surface area (Å²) in [4.78, 5) is 16.4. The summed E-state index contributed by atoms with van der Waals surface area (Å²) in [6.07, 6.45) is 5.52. The fourth-order valence-electron chi connectivity index (χ4n) is 3.29. The summed E-state index contributed by atoms with van der Waals surface area (Å²) in [7, 11) is 4.07. The first kappa shape index (κ1) is 13.8. The molecular formula is C14H27N3O. The molecule has 1 aliphatic heterocycles. The van der Waals surface area contributed by atoms with Crippen LogP contribution in [-0.2, 0) is 4.79 Å². The molecule has 4 heteroatoms. The van der Waals surface area contributed by atoms with E-state index in [2.05, 4.69) is 11.9 Å². The van der Waals surface area contributed by atoms with Gasteiger partial charge in [-0.1, -0.05) is 6.42 Å². The predicted octanol–water partition coefficient (Wildman–Crippen LogP) is 0.916. The predicted molar refractivity (Wildman–Crippen MR) is 73.2 cm³/mol. The number of carbonyl (C=O) groups is 1. The number of hydrogen-bond donors (Lipinski definition) is 1. The summed E-state index contributed by atoms with van der Waals surface area (Å²) in [5, 5.41) is 0. The van der Waals surface area contributed by atoms with Gasteiger partial charge in [-0.05, 0) is 45.3 Å². The summed E-state index contributed by atoms with van der Waals surface area (Å²) in [5.74, 6) is 0.857. The normalized spacial score (nSPS) is 26.9. The molecule has 2 rings (SSSR count). The second kappa shape index (κ2) is 5.57. The lowest BCUT2D eigenvalue weighted by Crippen LogP contribution is -2.47. The van der Waals surface area contributed by atoms with E-state index in [0.29, 0.717) is 18.2 Å². The topological polar surface area (TPSA) is 49.6 Å². The molecule has 0 aromatic carbocycles. The van der Waals surface area contributed by atoms with Gasteiger partial charge in [0.25, 0.3) is 0 Å². The molecule has 0 radical (unpaired) electrons. The quantitative estimate of drug-likeness (QED) is 0.792. The molecule has 18 heavy (non-hydrogen) atoms. The largest absolute Gasteiger partial charge is 0.345 e. The van der Waals surface area contributed by atoms with Gasteiger partial charge in [0.2, 0.25) is 5.91 Å². The van der Waals surface area contributed by atoms with Gasteiger partial charge in [0.1, 0.15) is 0 Å². The molecule has 1 heterocycles. The second-order valence-corrected chi connectivity index (χ2v) is 6.43. The van der Waals surface area contributed by atoms with Gasteiger partial charge in [-0.3, -0.25) is 4.79 Å². The van der Waals surface area contributed by atoms with Crippen molar-refractivity contribution in [1.82, 2.24) is 9.80 Å². The highest BCUT2D eigenvalue weighted by Crippen LogP contribution is 2.40. The maximum Gasteiger partial charge on any atom is 0.222 e. The molecular weight excluding hydrogens is 226 g/mol. The molecule has 104 valence electrons. The lowest BCUT2D eigenvalue weighted by atomic mass is 9.68. The van der Waals surface area contributed by atoms with E-state index >= 15 is 0 Å². The Balaban J connectivity index is 1.78. The van der Waals surface area contributed by atoms with Crippen molar-refractivity contribution in [2.45, 2.75) is 32.1 Å². The number of nitrogens with two attached hydrogens (primary N) is 1. The number of rotatable bonds is 5. The Morgan fingerprint density at radius 3 is 2.67 bits per heavy atom. The van der Waals surface area contributed by atoms with Gasteiger partial charge in [-0.15, -0.1) is 0 Å². The molecule has 1 amide bonds. The zero-order valence-electron chi connectivity index (χ0n) is 11.8. The molecule has 0 aromatic heterocycles. The Labute approximate surface area is 110 Å². The third kappa shape index (κ3) is 3.04. The average molecular weight is 253 g/mol. The summed E-state index contributed by atoms with van der Waals surface area (Å²) in [5.41, 5.74) is 6.09. The Morgan fingerprint density at radius 2 is 2.22 bits per heavy atom. The van der Waals surface area contributed by atoms with Crippen LogP contribution in [0.3, 0.4) is 0 Å². The maximum absolute atomic E-state index is 12.2. The van der Waals surface area contributed by atoms with Gasteiger partial charge >= 0.3 is 0 Å². The van der Waals surface area contributed by atoms with E-state index in [4.69, 9.17) is 5.73 Å². The lowest BCUT2D eigenvalue weighted by molar-refractivity contribution is -0.133. The Morgan fingerprint density at radius 1 is 1.50 bits per heavy atom. The van der Waals surface area contributed by atoms with Gasteiger partial charge < -0.3 is 15.5 Å². The standard InChI is InChI=1S/C14H27N3O/c1-16-7-4-12(9-16)8-13(18)17(2)11-14(10-15)5-3-6-14/h12H,3-11,15H2,1-2H3. The first-order chi connectivity index (χ1) is 8.54. The number of hydrogen-bond acceptors (Lipinski definition) is 3. The molecule has 4 nitrogen and oxygen atoms in total. The smallest absolute Gasteiger partial charge is 0.222 e. The monoisotopic (exact) mass is 253 g/mol. The SMILES string of the molecule is CN1CCC(CC(=O)N(C)CC2(CN)CCC2)C1. The minimum absolute atomic E-state index is 0.233. The van der Waals surface area contributed by atoms with E-state index < -0.39 is 0 Å². The minimum Gasteiger partial charge on any atom is -0.345 e. The van der Waals surface area contributed by atoms with E-state index in [1.165, 1.54) is 19.3 Å². The Hall–Kier alpha value is -0.610. The van der Waals surface area contributed by atoms with Crippen LogP contribution in [0.1, 0.15) is 32.1 Å². The fourth-order valence-corrected chi connectivity index (χ4v) is 3.29. The number of carbonyl (C=O) groups excluding carboxylic acids is 1. The molecule has 1 aliphatic carbocycles. The number of amides is 1. The van der Waals surface area contributed by atoms with Crippen molar-refractivity contribution in [3.63, 3.8) is 0 Å². The van der Waals surface area contributed by atoms with Crippen molar-refractivity contribution in [2.24, 2.45) is 17.1 Å².